The largest absolute Gasteiger partial charge is 0.446 e. The van der Waals surface area contributed by atoms with Crippen LogP contribution >= 0.6 is 11.8 Å². The van der Waals surface area contributed by atoms with Gasteiger partial charge in [-0.1, -0.05) is 26.0 Å². The Hall–Kier alpha value is -3.13. The van der Waals surface area contributed by atoms with Crippen molar-refractivity contribution in [3.05, 3.63) is 72.3 Å². The van der Waals surface area contributed by atoms with Crippen molar-refractivity contribution in [1.82, 2.24) is 18.7 Å². The van der Waals surface area contributed by atoms with Gasteiger partial charge in [-0.2, -0.15) is 17.5 Å². The van der Waals surface area contributed by atoms with Gasteiger partial charge in [-0.25, -0.2) is 18.4 Å². The lowest BCUT2D eigenvalue weighted by atomic mass is 10.0. The first-order chi connectivity index (χ1) is 19.3. The number of thioether (sulfide) groups is 1. The monoisotopic (exact) mass is 605 g/mol. The molecule has 5 rings (SSSR count). The maximum absolute atomic E-state index is 13.4. The number of nitrogens with one attached hydrogen (secondary N) is 1. The smallest absolute Gasteiger partial charge is 0.390 e. The minimum absolute atomic E-state index is 0.0479. The van der Waals surface area contributed by atoms with Crippen molar-refractivity contribution in [3.8, 4) is 11.1 Å². The number of rotatable bonds is 7. The fourth-order valence-corrected chi connectivity index (χ4v) is 6.95. The van der Waals surface area contributed by atoms with Crippen LogP contribution in [0.25, 0.3) is 16.8 Å². The Morgan fingerprint density at radius 3 is 2.41 bits per heavy atom. The number of fused-ring (bicyclic) bond motifs is 1. The number of sulfonamides is 1. The van der Waals surface area contributed by atoms with Crippen molar-refractivity contribution in [1.29, 1.82) is 0 Å². The number of hydrogen-bond donors (Lipinski definition) is 2. The van der Waals surface area contributed by atoms with Crippen LogP contribution in [-0.4, -0.2) is 62.9 Å². The first kappa shape index (κ1) is 29.4. The normalized spacial score (nSPS) is 18.7. The van der Waals surface area contributed by atoms with E-state index in [4.69, 9.17) is 0 Å². The topological polar surface area (TPSA) is 99.8 Å². The molecule has 218 valence electrons. The number of imidazole rings is 1. The van der Waals surface area contributed by atoms with Crippen LogP contribution in [0, 0.1) is 6.92 Å². The summed E-state index contributed by atoms with van der Waals surface area (Å²) in [4.78, 5) is 8.61. The predicted molar refractivity (Wildman–Crippen MR) is 152 cm³/mol. The summed E-state index contributed by atoms with van der Waals surface area (Å²) in [5.41, 5.74) is 0.405. The lowest BCUT2D eigenvalue weighted by Crippen LogP contribution is -2.51. The highest BCUT2D eigenvalue weighted by atomic mass is 32.2. The molecule has 41 heavy (non-hydrogen) atoms. The molecular weight excluding hydrogens is 575 g/mol. The summed E-state index contributed by atoms with van der Waals surface area (Å²) in [7, 11) is -3.86. The van der Waals surface area contributed by atoms with Crippen molar-refractivity contribution >= 4 is 33.3 Å². The summed E-state index contributed by atoms with van der Waals surface area (Å²) in [5.74, 6) is 0.596. The molecule has 1 aliphatic heterocycles. The number of aliphatic hydroxyl groups is 1. The molecule has 2 N–H and O–H groups in total. The quantitative estimate of drug-likeness (QED) is 0.262. The Kier molecular flexibility index (Phi) is 8.07. The molecule has 1 fully saturated rings. The van der Waals surface area contributed by atoms with Crippen molar-refractivity contribution < 1.29 is 26.7 Å². The van der Waals surface area contributed by atoms with Crippen LogP contribution in [0.15, 0.2) is 70.8 Å². The van der Waals surface area contributed by atoms with Gasteiger partial charge < -0.3 is 14.8 Å². The number of anilines is 1. The molecule has 8 nitrogen and oxygen atoms in total. The first-order valence-corrected chi connectivity index (χ1v) is 15.3. The Morgan fingerprint density at radius 1 is 1.07 bits per heavy atom. The van der Waals surface area contributed by atoms with Gasteiger partial charge in [0, 0.05) is 42.3 Å². The molecule has 0 unspecified atom stereocenters. The Labute approximate surface area is 240 Å². The number of alkyl halides is 3. The van der Waals surface area contributed by atoms with Crippen molar-refractivity contribution in [2.45, 2.75) is 60.6 Å². The number of pyridine rings is 2. The number of aryl methyl sites for hydroxylation is 1. The summed E-state index contributed by atoms with van der Waals surface area (Å²) in [6.07, 6.45) is 4.25. The second kappa shape index (κ2) is 11.3. The molecule has 1 aliphatic rings. The number of aromatic nitrogens is 3. The number of nitrogens with zero attached hydrogens (tertiary/aromatic N) is 4. The van der Waals surface area contributed by atoms with Crippen LogP contribution in [0.1, 0.15) is 37.4 Å². The summed E-state index contributed by atoms with van der Waals surface area (Å²) >= 11 is -0.257. The Balaban J connectivity index is 1.26. The number of benzene rings is 1. The maximum atomic E-state index is 13.4. The second-order valence-corrected chi connectivity index (χ2v) is 13.4. The fourth-order valence-electron chi connectivity index (χ4n) is 4.97. The second-order valence-electron chi connectivity index (χ2n) is 10.4. The van der Waals surface area contributed by atoms with E-state index in [0.717, 1.165) is 34.2 Å². The number of β-amino-alcohol motifs (C(OH)–C–C–N with tert-alkyl or cyclic N) is 1. The van der Waals surface area contributed by atoms with Gasteiger partial charge in [0.2, 0.25) is 10.0 Å². The van der Waals surface area contributed by atoms with E-state index < -0.39 is 27.7 Å². The number of halogens is 3. The first-order valence-electron chi connectivity index (χ1n) is 13.1. The van der Waals surface area contributed by atoms with Crippen LogP contribution in [0.3, 0.4) is 0 Å². The standard InChI is InChI=1S/C28H30F3N5O3S2/c1-17(2)24-14-33-27-18(3)12-20(15-36(24)27)19-4-7-22(8-5-19)41(38,39)35-11-10-23(25(37)16-35)34-26-9-6-21(13-32-26)40-28(29,30)31/h4-9,12-15,17,23,25,37H,10-11,16H2,1-3H3,(H,32,34)/t23-,25+/m1/s1. The summed E-state index contributed by atoms with van der Waals surface area (Å²) in [6, 6.07) is 10.9. The zero-order chi connectivity index (χ0) is 29.5. The lowest BCUT2D eigenvalue weighted by molar-refractivity contribution is -0.0328. The third-order valence-electron chi connectivity index (χ3n) is 7.08. The lowest BCUT2D eigenvalue weighted by Gasteiger charge is -2.35. The molecule has 4 heterocycles. The SMILES string of the molecule is Cc1cc(-c2ccc(S(=O)(=O)N3CC[C@@H](Nc4ccc(SC(F)(F)F)cn4)[C@@H](O)C3)cc2)cn2c(C(C)C)cnc12. The molecule has 0 saturated carbocycles. The van der Waals surface area contributed by atoms with Gasteiger partial charge in [-0.3, -0.25) is 0 Å². The molecule has 0 radical (unpaired) electrons. The van der Waals surface area contributed by atoms with Crippen molar-refractivity contribution in [2.75, 3.05) is 18.4 Å². The third kappa shape index (κ3) is 6.37. The van der Waals surface area contributed by atoms with Crippen molar-refractivity contribution in [2.24, 2.45) is 0 Å². The summed E-state index contributed by atoms with van der Waals surface area (Å²) in [5, 5.41) is 13.7. The van der Waals surface area contributed by atoms with E-state index in [0.29, 0.717) is 18.2 Å². The summed E-state index contributed by atoms with van der Waals surface area (Å²) in [6.45, 7) is 6.25. The molecular formula is C28H30F3N5O3S2. The highest BCUT2D eigenvalue weighted by Gasteiger charge is 2.35. The molecule has 13 heteroatoms. The average Bonchev–Trinajstić information content (AvgIpc) is 3.35. The van der Waals surface area contributed by atoms with E-state index in [2.05, 4.69) is 33.5 Å². The van der Waals surface area contributed by atoms with Crippen LogP contribution < -0.4 is 5.32 Å². The molecule has 1 saturated heterocycles. The number of aliphatic hydroxyl groups excluding tert-OH is 1. The van der Waals surface area contributed by atoms with E-state index in [1.165, 1.54) is 16.4 Å². The highest BCUT2D eigenvalue weighted by molar-refractivity contribution is 8.00. The summed E-state index contributed by atoms with van der Waals surface area (Å²) < 4.78 is 67.7. The predicted octanol–water partition coefficient (Wildman–Crippen LogP) is 5.68. The van der Waals surface area contributed by atoms with Gasteiger partial charge in [0.25, 0.3) is 0 Å². The van der Waals surface area contributed by atoms with Crippen LogP contribution in [0.5, 0.6) is 0 Å². The Bertz CT molecular complexity index is 1640. The molecule has 0 spiro atoms. The van der Waals surface area contributed by atoms with Gasteiger partial charge >= 0.3 is 5.51 Å². The number of piperidine rings is 1. The molecule has 0 bridgehead atoms. The Morgan fingerprint density at radius 2 is 1.80 bits per heavy atom. The van der Waals surface area contributed by atoms with E-state index in [1.807, 2.05) is 25.4 Å². The van der Waals surface area contributed by atoms with Gasteiger partial charge in [-0.05, 0) is 78.0 Å². The van der Waals surface area contributed by atoms with E-state index in [9.17, 15) is 26.7 Å². The molecule has 3 aromatic heterocycles. The molecule has 1 aromatic carbocycles. The third-order valence-corrected chi connectivity index (χ3v) is 9.67. The zero-order valence-corrected chi connectivity index (χ0v) is 24.3. The molecule has 0 aliphatic carbocycles. The van der Waals surface area contributed by atoms with Gasteiger partial charge in [0.15, 0.2) is 0 Å². The molecule has 0 amide bonds. The maximum Gasteiger partial charge on any atom is 0.446 e. The minimum Gasteiger partial charge on any atom is -0.390 e. The minimum atomic E-state index is -4.41. The van der Waals surface area contributed by atoms with E-state index in [-0.39, 0.29) is 34.6 Å². The highest BCUT2D eigenvalue weighted by Crippen LogP contribution is 2.36. The van der Waals surface area contributed by atoms with E-state index >= 15 is 0 Å². The molecule has 2 atom stereocenters. The fraction of sp³-hybridized carbons (Fsp3) is 0.357. The van der Waals surface area contributed by atoms with Gasteiger partial charge in [0.1, 0.15) is 11.5 Å². The van der Waals surface area contributed by atoms with Crippen molar-refractivity contribution in [3.63, 3.8) is 0 Å². The van der Waals surface area contributed by atoms with Crippen LogP contribution in [0.2, 0.25) is 0 Å². The van der Waals surface area contributed by atoms with Crippen LogP contribution in [-0.2, 0) is 10.0 Å². The average molecular weight is 606 g/mol. The zero-order valence-electron chi connectivity index (χ0n) is 22.6. The van der Waals surface area contributed by atoms with Gasteiger partial charge in [-0.15, -0.1) is 0 Å². The van der Waals surface area contributed by atoms with Crippen LogP contribution in [0.4, 0.5) is 19.0 Å². The molecule has 4 aromatic rings. The van der Waals surface area contributed by atoms with E-state index in [1.54, 1.807) is 24.3 Å². The number of hydrogen-bond acceptors (Lipinski definition) is 7. The van der Waals surface area contributed by atoms with Gasteiger partial charge in [0.05, 0.1) is 17.0 Å².